The Labute approximate surface area is 120 Å². The van der Waals surface area contributed by atoms with E-state index in [4.69, 9.17) is 16.7 Å². The van der Waals surface area contributed by atoms with Crippen molar-refractivity contribution in [2.45, 2.75) is 12.8 Å². The van der Waals surface area contributed by atoms with E-state index >= 15 is 0 Å². The van der Waals surface area contributed by atoms with Gasteiger partial charge in [-0.05, 0) is 31.0 Å². The summed E-state index contributed by atoms with van der Waals surface area (Å²) >= 11 is 5.89. The predicted molar refractivity (Wildman–Crippen MR) is 72.8 cm³/mol. The molecule has 20 heavy (non-hydrogen) atoms. The molecule has 7 heteroatoms. The average molecular weight is 297 g/mol. The third-order valence-electron chi connectivity index (χ3n) is 3.29. The van der Waals surface area contributed by atoms with E-state index in [1.54, 1.807) is 0 Å². The van der Waals surface area contributed by atoms with Gasteiger partial charge in [-0.15, -0.1) is 0 Å². The summed E-state index contributed by atoms with van der Waals surface area (Å²) in [6.45, 7) is 0. The number of amides is 2. The van der Waals surface area contributed by atoms with E-state index in [1.807, 2.05) is 0 Å². The first-order valence-electron chi connectivity index (χ1n) is 5.97. The van der Waals surface area contributed by atoms with Crippen LogP contribution < -0.4 is 10.6 Å². The summed E-state index contributed by atoms with van der Waals surface area (Å²) in [5.74, 6) is -2.09. The van der Waals surface area contributed by atoms with Crippen molar-refractivity contribution >= 4 is 35.1 Å². The number of rotatable bonds is 4. The van der Waals surface area contributed by atoms with Crippen molar-refractivity contribution in [2.75, 3.05) is 12.4 Å². The number of anilines is 1. The zero-order valence-electron chi connectivity index (χ0n) is 10.7. The third kappa shape index (κ3) is 2.46. The summed E-state index contributed by atoms with van der Waals surface area (Å²) in [7, 11) is 1.47. The highest BCUT2D eigenvalue weighted by atomic mass is 35.5. The zero-order chi connectivity index (χ0) is 14.9. The van der Waals surface area contributed by atoms with Crippen LogP contribution in [-0.4, -0.2) is 29.9 Å². The zero-order valence-corrected chi connectivity index (χ0v) is 11.5. The van der Waals surface area contributed by atoms with Crippen LogP contribution in [0.25, 0.3) is 0 Å². The topological polar surface area (TPSA) is 95.5 Å². The maximum absolute atomic E-state index is 11.9. The molecular formula is C13H13ClN2O4. The molecule has 0 atom stereocenters. The third-order valence-corrected chi connectivity index (χ3v) is 3.62. The van der Waals surface area contributed by atoms with Crippen LogP contribution >= 0.6 is 11.6 Å². The first-order chi connectivity index (χ1) is 9.40. The molecule has 0 aromatic heterocycles. The van der Waals surface area contributed by atoms with Gasteiger partial charge < -0.3 is 15.7 Å². The average Bonchev–Trinajstić information content (AvgIpc) is 3.21. The van der Waals surface area contributed by atoms with Gasteiger partial charge in [-0.3, -0.25) is 14.4 Å². The molecule has 1 fully saturated rings. The van der Waals surface area contributed by atoms with Gasteiger partial charge in [0, 0.05) is 12.7 Å². The van der Waals surface area contributed by atoms with Crippen LogP contribution in [0.5, 0.6) is 0 Å². The van der Waals surface area contributed by atoms with E-state index in [-0.39, 0.29) is 16.5 Å². The van der Waals surface area contributed by atoms with Crippen LogP contribution in [0.1, 0.15) is 23.2 Å². The van der Waals surface area contributed by atoms with Gasteiger partial charge >= 0.3 is 5.97 Å². The largest absolute Gasteiger partial charge is 0.480 e. The monoisotopic (exact) mass is 296 g/mol. The number of carbonyl (C=O) groups excluding carboxylic acids is 2. The van der Waals surface area contributed by atoms with Crippen LogP contribution in [0.3, 0.4) is 0 Å². The lowest BCUT2D eigenvalue weighted by molar-refractivity contribution is -0.147. The second-order valence-electron chi connectivity index (χ2n) is 4.62. The highest BCUT2D eigenvalue weighted by Crippen LogP contribution is 2.46. The van der Waals surface area contributed by atoms with Crippen molar-refractivity contribution in [1.82, 2.24) is 5.32 Å². The fourth-order valence-electron chi connectivity index (χ4n) is 1.83. The number of hydrogen-bond donors (Lipinski definition) is 3. The maximum atomic E-state index is 11.9. The molecule has 1 aromatic rings. The Balaban J connectivity index is 2.21. The predicted octanol–water partition coefficient (Wildman–Crippen LogP) is 1.50. The minimum atomic E-state index is -1.33. The Bertz CT molecular complexity index is 596. The number of halogens is 1. The van der Waals surface area contributed by atoms with Crippen molar-refractivity contribution in [1.29, 1.82) is 0 Å². The van der Waals surface area contributed by atoms with Gasteiger partial charge in [-0.2, -0.15) is 0 Å². The van der Waals surface area contributed by atoms with Crippen molar-refractivity contribution in [3.8, 4) is 0 Å². The summed E-state index contributed by atoms with van der Waals surface area (Å²) in [5.41, 5.74) is -0.773. The van der Waals surface area contributed by atoms with Crippen LogP contribution in [-0.2, 0) is 9.59 Å². The fraction of sp³-hybridized carbons (Fsp3) is 0.308. The van der Waals surface area contributed by atoms with E-state index in [0.29, 0.717) is 18.5 Å². The van der Waals surface area contributed by atoms with Gasteiger partial charge in [0.15, 0.2) is 0 Å². The molecule has 1 aliphatic carbocycles. The van der Waals surface area contributed by atoms with E-state index in [1.165, 1.54) is 25.2 Å². The molecule has 2 rings (SSSR count). The fourth-order valence-corrected chi connectivity index (χ4v) is 2.03. The SMILES string of the molecule is CNC(=O)c1cc(NC(=O)C2(C(=O)O)CC2)ccc1Cl. The Morgan fingerprint density at radius 3 is 2.45 bits per heavy atom. The molecule has 1 saturated carbocycles. The van der Waals surface area contributed by atoms with E-state index < -0.39 is 17.3 Å². The lowest BCUT2D eigenvalue weighted by Crippen LogP contribution is -2.31. The van der Waals surface area contributed by atoms with Crippen LogP contribution in [0.15, 0.2) is 18.2 Å². The number of hydrogen-bond acceptors (Lipinski definition) is 3. The highest BCUT2D eigenvalue weighted by Gasteiger charge is 2.57. The van der Waals surface area contributed by atoms with E-state index in [0.717, 1.165) is 0 Å². The van der Waals surface area contributed by atoms with Crippen molar-refractivity contribution in [3.05, 3.63) is 28.8 Å². The van der Waals surface area contributed by atoms with Crippen molar-refractivity contribution in [3.63, 3.8) is 0 Å². The molecular weight excluding hydrogens is 284 g/mol. The minimum Gasteiger partial charge on any atom is -0.480 e. The molecule has 0 bridgehead atoms. The lowest BCUT2D eigenvalue weighted by atomic mass is 10.1. The summed E-state index contributed by atoms with van der Waals surface area (Å²) in [6.07, 6.45) is 0.647. The molecule has 0 heterocycles. The van der Waals surface area contributed by atoms with Crippen molar-refractivity contribution < 1.29 is 19.5 Å². The van der Waals surface area contributed by atoms with Crippen molar-refractivity contribution in [2.24, 2.45) is 5.41 Å². The quantitative estimate of drug-likeness (QED) is 0.734. The van der Waals surface area contributed by atoms with Gasteiger partial charge in [-0.25, -0.2) is 0 Å². The van der Waals surface area contributed by atoms with Gasteiger partial charge in [0.2, 0.25) is 5.91 Å². The molecule has 0 unspecified atom stereocenters. The standard InChI is InChI=1S/C13H13ClN2O4/c1-15-10(17)8-6-7(2-3-9(8)14)16-11(18)13(4-5-13)12(19)20/h2-3,6H,4-5H2,1H3,(H,15,17)(H,16,18)(H,19,20). The number of nitrogens with one attached hydrogen (secondary N) is 2. The molecule has 2 amide bonds. The van der Waals surface area contributed by atoms with Crippen LogP contribution in [0.4, 0.5) is 5.69 Å². The molecule has 3 N–H and O–H groups in total. The lowest BCUT2D eigenvalue weighted by Gasteiger charge is -2.12. The number of carboxylic acids is 1. The maximum Gasteiger partial charge on any atom is 0.319 e. The van der Waals surface area contributed by atoms with E-state index in [9.17, 15) is 14.4 Å². The first-order valence-corrected chi connectivity index (χ1v) is 6.35. The summed E-state index contributed by atoms with van der Waals surface area (Å²) in [5, 5.41) is 14.2. The van der Waals surface area contributed by atoms with Crippen LogP contribution in [0, 0.1) is 5.41 Å². The number of carbonyl (C=O) groups is 3. The molecule has 0 aliphatic heterocycles. The molecule has 106 valence electrons. The minimum absolute atomic E-state index is 0.215. The van der Waals surface area contributed by atoms with Gasteiger partial charge in [0.1, 0.15) is 5.41 Å². The highest BCUT2D eigenvalue weighted by molar-refractivity contribution is 6.34. The second kappa shape index (κ2) is 5.13. The first kappa shape index (κ1) is 14.3. The molecule has 0 spiro atoms. The normalized spacial score (nSPS) is 15.3. The Hall–Kier alpha value is -2.08. The summed E-state index contributed by atoms with van der Waals surface area (Å²) < 4.78 is 0. The summed E-state index contributed by atoms with van der Waals surface area (Å²) in [6, 6.07) is 4.41. The molecule has 1 aliphatic rings. The second-order valence-corrected chi connectivity index (χ2v) is 5.02. The number of carboxylic acid groups (broad SMARTS) is 1. The van der Waals surface area contributed by atoms with Gasteiger partial charge in [-0.1, -0.05) is 11.6 Å². The smallest absolute Gasteiger partial charge is 0.319 e. The molecule has 6 nitrogen and oxygen atoms in total. The molecule has 0 saturated heterocycles. The van der Waals surface area contributed by atoms with Crippen LogP contribution in [0.2, 0.25) is 5.02 Å². The molecule has 1 aromatic carbocycles. The molecule has 0 radical (unpaired) electrons. The Morgan fingerprint density at radius 2 is 1.95 bits per heavy atom. The Morgan fingerprint density at radius 1 is 1.30 bits per heavy atom. The number of benzene rings is 1. The summed E-state index contributed by atoms with van der Waals surface area (Å²) in [4.78, 5) is 34.6. The van der Waals surface area contributed by atoms with Gasteiger partial charge in [0.05, 0.1) is 10.6 Å². The van der Waals surface area contributed by atoms with E-state index in [2.05, 4.69) is 10.6 Å². The Kier molecular flexibility index (Phi) is 3.67. The number of aliphatic carboxylic acids is 1. The van der Waals surface area contributed by atoms with Gasteiger partial charge in [0.25, 0.3) is 5.91 Å².